The van der Waals surface area contributed by atoms with Crippen LogP contribution in [0.4, 0.5) is 5.69 Å². The van der Waals surface area contributed by atoms with Crippen LogP contribution in [0.1, 0.15) is 23.7 Å². The molecular weight excluding hydrogens is 520 g/mol. The molecule has 0 unspecified atom stereocenters. The Kier molecular flexibility index (Phi) is 6.94. The minimum absolute atomic E-state index is 0.176. The quantitative estimate of drug-likeness (QED) is 0.532. The van der Waals surface area contributed by atoms with E-state index in [9.17, 15) is 4.79 Å². The van der Waals surface area contributed by atoms with Gasteiger partial charge in [0.05, 0.1) is 17.3 Å². The SMILES string of the molecule is CCCOc1c(I)cc(C(=O)Nc2cccc(I)c2)cc1OC. The van der Waals surface area contributed by atoms with E-state index in [1.54, 1.807) is 19.2 Å². The van der Waals surface area contributed by atoms with Gasteiger partial charge in [0.2, 0.25) is 0 Å². The van der Waals surface area contributed by atoms with E-state index in [4.69, 9.17) is 9.47 Å². The summed E-state index contributed by atoms with van der Waals surface area (Å²) >= 11 is 4.37. The largest absolute Gasteiger partial charge is 0.493 e. The lowest BCUT2D eigenvalue weighted by atomic mass is 10.2. The molecular formula is C17H17I2NO3. The molecule has 0 saturated carbocycles. The molecule has 0 atom stereocenters. The van der Waals surface area contributed by atoms with Crippen LogP contribution < -0.4 is 14.8 Å². The van der Waals surface area contributed by atoms with Gasteiger partial charge >= 0.3 is 0 Å². The molecule has 122 valence electrons. The van der Waals surface area contributed by atoms with Crippen molar-refractivity contribution >= 4 is 56.8 Å². The second kappa shape index (κ2) is 8.72. The van der Waals surface area contributed by atoms with Crippen molar-refractivity contribution in [3.8, 4) is 11.5 Å². The first-order valence-electron chi connectivity index (χ1n) is 7.12. The normalized spacial score (nSPS) is 10.3. The smallest absolute Gasteiger partial charge is 0.255 e. The van der Waals surface area contributed by atoms with Gasteiger partial charge in [0.25, 0.3) is 5.91 Å². The van der Waals surface area contributed by atoms with Gasteiger partial charge in [-0.3, -0.25) is 4.79 Å². The van der Waals surface area contributed by atoms with Crippen molar-refractivity contribution in [2.75, 3.05) is 19.0 Å². The molecule has 0 bridgehead atoms. The first kappa shape index (κ1) is 18.3. The summed E-state index contributed by atoms with van der Waals surface area (Å²) < 4.78 is 13.0. The zero-order chi connectivity index (χ0) is 16.8. The Bertz CT molecular complexity index is 704. The molecule has 4 nitrogen and oxygen atoms in total. The second-order valence-corrected chi connectivity index (χ2v) is 7.21. The number of amides is 1. The van der Waals surface area contributed by atoms with E-state index >= 15 is 0 Å². The van der Waals surface area contributed by atoms with Crippen molar-refractivity contribution in [1.29, 1.82) is 0 Å². The molecule has 6 heteroatoms. The van der Waals surface area contributed by atoms with Gasteiger partial charge in [0, 0.05) is 14.8 Å². The van der Waals surface area contributed by atoms with Crippen molar-refractivity contribution < 1.29 is 14.3 Å². The molecule has 23 heavy (non-hydrogen) atoms. The van der Waals surface area contributed by atoms with Crippen molar-refractivity contribution in [2.45, 2.75) is 13.3 Å². The highest BCUT2D eigenvalue weighted by atomic mass is 127. The van der Waals surface area contributed by atoms with E-state index in [1.807, 2.05) is 31.2 Å². The Balaban J connectivity index is 2.25. The van der Waals surface area contributed by atoms with Crippen molar-refractivity contribution in [2.24, 2.45) is 0 Å². The van der Waals surface area contributed by atoms with Crippen LogP contribution in [0.15, 0.2) is 36.4 Å². The van der Waals surface area contributed by atoms with Crippen molar-refractivity contribution in [3.63, 3.8) is 0 Å². The lowest BCUT2D eigenvalue weighted by Crippen LogP contribution is -2.13. The van der Waals surface area contributed by atoms with Crippen LogP contribution in [0.2, 0.25) is 0 Å². The average molecular weight is 537 g/mol. The van der Waals surface area contributed by atoms with Gasteiger partial charge in [-0.25, -0.2) is 0 Å². The number of anilines is 1. The third-order valence-corrected chi connectivity index (χ3v) is 4.50. The van der Waals surface area contributed by atoms with E-state index in [2.05, 4.69) is 50.5 Å². The number of carbonyl (C=O) groups excluding carboxylic acids is 1. The Morgan fingerprint density at radius 3 is 2.65 bits per heavy atom. The summed E-state index contributed by atoms with van der Waals surface area (Å²) in [5.41, 5.74) is 1.30. The van der Waals surface area contributed by atoms with Gasteiger partial charge < -0.3 is 14.8 Å². The maximum Gasteiger partial charge on any atom is 0.255 e. The fourth-order valence-electron chi connectivity index (χ4n) is 1.96. The lowest BCUT2D eigenvalue weighted by molar-refractivity contribution is 0.102. The number of nitrogens with one attached hydrogen (secondary N) is 1. The highest BCUT2D eigenvalue weighted by Gasteiger charge is 2.15. The predicted octanol–water partition coefficient (Wildman–Crippen LogP) is 4.95. The maximum atomic E-state index is 12.5. The highest BCUT2D eigenvalue weighted by molar-refractivity contribution is 14.1. The molecule has 0 aromatic heterocycles. The summed E-state index contributed by atoms with van der Waals surface area (Å²) in [5, 5.41) is 2.90. The summed E-state index contributed by atoms with van der Waals surface area (Å²) in [4.78, 5) is 12.5. The fourth-order valence-corrected chi connectivity index (χ4v) is 3.26. The second-order valence-electron chi connectivity index (χ2n) is 4.80. The number of hydrogen-bond acceptors (Lipinski definition) is 3. The number of halogens is 2. The number of rotatable bonds is 6. The zero-order valence-corrected chi connectivity index (χ0v) is 17.2. The molecule has 0 spiro atoms. The molecule has 2 aromatic carbocycles. The van der Waals surface area contributed by atoms with E-state index in [0.29, 0.717) is 23.7 Å². The molecule has 2 aromatic rings. The number of methoxy groups -OCH3 is 1. The highest BCUT2D eigenvalue weighted by Crippen LogP contribution is 2.34. The average Bonchev–Trinajstić information content (AvgIpc) is 2.53. The zero-order valence-electron chi connectivity index (χ0n) is 12.9. The topological polar surface area (TPSA) is 47.6 Å². The van der Waals surface area contributed by atoms with Crippen molar-refractivity contribution in [3.05, 3.63) is 49.1 Å². The molecule has 2 rings (SSSR count). The Morgan fingerprint density at radius 1 is 1.22 bits per heavy atom. The molecule has 0 aliphatic carbocycles. The summed E-state index contributed by atoms with van der Waals surface area (Å²) in [6.45, 7) is 2.66. The molecule has 0 heterocycles. The van der Waals surface area contributed by atoms with Gasteiger partial charge in [-0.1, -0.05) is 13.0 Å². The molecule has 0 radical (unpaired) electrons. The summed E-state index contributed by atoms with van der Waals surface area (Å²) in [7, 11) is 1.57. The van der Waals surface area contributed by atoms with Crippen LogP contribution >= 0.6 is 45.2 Å². The number of hydrogen-bond donors (Lipinski definition) is 1. The van der Waals surface area contributed by atoms with Crippen LogP contribution in [-0.2, 0) is 0 Å². The van der Waals surface area contributed by atoms with Crippen LogP contribution in [0.3, 0.4) is 0 Å². The van der Waals surface area contributed by atoms with Crippen LogP contribution in [0, 0.1) is 7.14 Å². The van der Waals surface area contributed by atoms with Gasteiger partial charge in [-0.05, 0) is 81.9 Å². The molecule has 0 aliphatic heterocycles. The lowest BCUT2D eigenvalue weighted by Gasteiger charge is -2.14. The number of benzene rings is 2. The Labute approximate surface area is 163 Å². The van der Waals surface area contributed by atoms with Crippen molar-refractivity contribution in [1.82, 2.24) is 0 Å². The first-order chi connectivity index (χ1) is 11.0. The molecule has 1 N–H and O–H groups in total. The third kappa shape index (κ3) is 4.97. The summed E-state index contributed by atoms with van der Waals surface area (Å²) in [5.74, 6) is 1.07. The van der Waals surface area contributed by atoms with Gasteiger partial charge in [0.15, 0.2) is 11.5 Å². The standard InChI is InChI=1S/C17H17I2NO3/c1-3-7-23-16-14(19)8-11(9-15(16)22-2)17(21)20-13-6-4-5-12(18)10-13/h4-6,8-10H,3,7H2,1-2H3,(H,20,21). The summed E-state index contributed by atoms with van der Waals surface area (Å²) in [6, 6.07) is 11.2. The molecule has 0 fully saturated rings. The first-order valence-corrected chi connectivity index (χ1v) is 9.28. The maximum absolute atomic E-state index is 12.5. The van der Waals surface area contributed by atoms with Gasteiger partial charge in [0.1, 0.15) is 0 Å². The molecule has 1 amide bonds. The number of carbonyl (C=O) groups is 1. The molecule has 0 saturated heterocycles. The Hall–Kier alpha value is -1.03. The van der Waals surface area contributed by atoms with E-state index in [0.717, 1.165) is 19.2 Å². The van der Waals surface area contributed by atoms with Gasteiger partial charge in [-0.2, -0.15) is 0 Å². The van der Waals surface area contributed by atoms with E-state index < -0.39 is 0 Å². The third-order valence-electron chi connectivity index (χ3n) is 3.02. The monoisotopic (exact) mass is 537 g/mol. The number of ether oxygens (including phenoxy) is 2. The fraction of sp³-hybridized carbons (Fsp3) is 0.235. The minimum atomic E-state index is -0.176. The van der Waals surface area contributed by atoms with Crippen LogP contribution in [0.25, 0.3) is 0 Å². The summed E-state index contributed by atoms with van der Waals surface area (Å²) in [6.07, 6.45) is 0.911. The van der Waals surface area contributed by atoms with Crippen LogP contribution in [0.5, 0.6) is 11.5 Å². The Morgan fingerprint density at radius 2 is 2.00 bits per heavy atom. The molecule has 0 aliphatic rings. The minimum Gasteiger partial charge on any atom is -0.493 e. The van der Waals surface area contributed by atoms with Gasteiger partial charge in [-0.15, -0.1) is 0 Å². The predicted molar refractivity (Wildman–Crippen MR) is 109 cm³/mol. The van der Waals surface area contributed by atoms with Crippen LogP contribution in [-0.4, -0.2) is 19.6 Å². The van der Waals surface area contributed by atoms with E-state index in [1.165, 1.54) is 0 Å². The van der Waals surface area contributed by atoms with E-state index in [-0.39, 0.29) is 5.91 Å².